The zero-order chi connectivity index (χ0) is 18.2. The second-order valence-electron chi connectivity index (χ2n) is 7.34. The Balaban J connectivity index is 1.79. The first-order valence-corrected chi connectivity index (χ1v) is 9.70. The quantitative estimate of drug-likeness (QED) is 0.532. The molecular weight excluding hydrogens is 314 g/mol. The van der Waals surface area contributed by atoms with Crippen molar-refractivity contribution < 1.29 is 9.59 Å². The fourth-order valence-corrected chi connectivity index (χ4v) is 3.62. The van der Waals surface area contributed by atoms with E-state index in [1.807, 2.05) is 19.9 Å². The number of aryl methyl sites for hydroxylation is 2. The number of aromatic amines is 1. The molecule has 0 aromatic carbocycles. The fraction of sp³-hybridized carbons (Fsp3) is 0.700. The van der Waals surface area contributed by atoms with Crippen molar-refractivity contribution >= 4 is 11.7 Å². The monoisotopic (exact) mass is 347 g/mol. The van der Waals surface area contributed by atoms with Gasteiger partial charge >= 0.3 is 0 Å². The van der Waals surface area contributed by atoms with Crippen LogP contribution in [-0.2, 0) is 4.79 Å². The largest absolute Gasteiger partial charge is 0.362 e. The maximum atomic E-state index is 12.5. The number of carbonyl (C=O) groups excluding carboxylic acids is 2. The van der Waals surface area contributed by atoms with Crippen molar-refractivity contribution in [2.75, 3.05) is 26.2 Å². The summed E-state index contributed by atoms with van der Waals surface area (Å²) in [5.74, 6) is 0.312. The molecule has 1 aliphatic heterocycles. The van der Waals surface area contributed by atoms with Crippen molar-refractivity contribution in [3.63, 3.8) is 0 Å². The van der Waals surface area contributed by atoms with E-state index in [-0.39, 0.29) is 17.6 Å². The number of unbranched alkanes of at least 4 members (excludes halogenated alkanes) is 3. The Kier molecular flexibility index (Phi) is 7.69. The third-order valence-electron chi connectivity index (χ3n) is 5.02. The highest BCUT2D eigenvalue weighted by Crippen LogP contribution is 2.18. The zero-order valence-electron chi connectivity index (χ0n) is 16.0. The minimum Gasteiger partial charge on any atom is -0.362 e. The molecule has 0 saturated carbocycles. The summed E-state index contributed by atoms with van der Waals surface area (Å²) in [5.41, 5.74) is 2.72. The average molecular weight is 348 g/mol. The molecule has 0 radical (unpaired) electrons. The number of Topliss-reactive ketones (excluding diaryl/α,β-unsaturated/α-hetero) is 1. The number of nitrogens with one attached hydrogen (secondary N) is 2. The van der Waals surface area contributed by atoms with Gasteiger partial charge in [-0.1, -0.05) is 26.2 Å². The molecule has 2 heterocycles. The molecule has 1 saturated heterocycles. The molecule has 1 unspecified atom stereocenters. The molecule has 1 atom stereocenters. The molecule has 1 aromatic rings. The van der Waals surface area contributed by atoms with Crippen molar-refractivity contribution in [2.45, 2.75) is 59.3 Å². The lowest BCUT2D eigenvalue weighted by atomic mass is 9.96. The van der Waals surface area contributed by atoms with Crippen LogP contribution in [0.15, 0.2) is 6.07 Å². The van der Waals surface area contributed by atoms with Crippen LogP contribution >= 0.6 is 0 Å². The van der Waals surface area contributed by atoms with Crippen molar-refractivity contribution in [3.05, 3.63) is 23.0 Å². The highest BCUT2D eigenvalue weighted by atomic mass is 16.2. The van der Waals surface area contributed by atoms with Crippen molar-refractivity contribution in [1.82, 2.24) is 15.2 Å². The molecule has 1 amide bonds. The van der Waals surface area contributed by atoms with Crippen LogP contribution in [0.2, 0.25) is 0 Å². The summed E-state index contributed by atoms with van der Waals surface area (Å²) in [4.78, 5) is 30.2. The summed E-state index contributed by atoms with van der Waals surface area (Å²) in [6.45, 7) is 8.85. The van der Waals surface area contributed by atoms with Crippen molar-refractivity contribution in [2.24, 2.45) is 5.92 Å². The van der Waals surface area contributed by atoms with Gasteiger partial charge in [-0.2, -0.15) is 0 Å². The van der Waals surface area contributed by atoms with Crippen LogP contribution in [0.4, 0.5) is 0 Å². The maximum absolute atomic E-state index is 12.5. The number of piperidine rings is 1. The van der Waals surface area contributed by atoms with E-state index in [1.165, 1.54) is 19.3 Å². The smallest absolute Gasteiger partial charge is 0.224 e. The van der Waals surface area contributed by atoms with E-state index in [4.69, 9.17) is 0 Å². The fourth-order valence-electron chi connectivity index (χ4n) is 3.62. The molecule has 5 nitrogen and oxygen atoms in total. The lowest BCUT2D eigenvalue weighted by Crippen LogP contribution is -2.44. The Morgan fingerprint density at radius 1 is 1.28 bits per heavy atom. The number of rotatable bonds is 9. The average Bonchev–Trinajstić information content (AvgIpc) is 2.93. The van der Waals surface area contributed by atoms with Gasteiger partial charge in [-0.05, 0) is 45.7 Å². The number of carbonyl (C=O) groups is 2. The Morgan fingerprint density at radius 3 is 2.76 bits per heavy atom. The second kappa shape index (κ2) is 9.76. The summed E-state index contributed by atoms with van der Waals surface area (Å²) >= 11 is 0. The first kappa shape index (κ1) is 19.7. The van der Waals surface area contributed by atoms with E-state index in [0.717, 1.165) is 49.3 Å². The van der Waals surface area contributed by atoms with Crippen LogP contribution in [0, 0.1) is 19.8 Å². The van der Waals surface area contributed by atoms with Crippen LogP contribution in [-0.4, -0.2) is 47.8 Å². The number of aromatic nitrogens is 1. The molecule has 1 aliphatic rings. The topological polar surface area (TPSA) is 65.2 Å². The standard InChI is InChI=1S/C20H33N3O2/c1-4-5-6-7-10-21-20(25)17-9-8-11-23(13-17)14-19(24)18-12-15(2)22-16(18)3/h12,17,22H,4-11,13-14H2,1-3H3,(H,21,25). The zero-order valence-corrected chi connectivity index (χ0v) is 16.0. The number of nitrogens with zero attached hydrogens (tertiary/aromatic N) is 1. The van der Waals surface area contributed by atoms with Crippen LogP contribution in [0.1, 0.15) is 67.2 Å². The summed E-state index contributed by atoms with van der Waals surface area (Å²) in [7, 11) is 0. The Morgan fingerprint density at radius 2 is 2.08 bits per heavy atom. The van der Waals surface area contributed by atoms with Crippen LogP contribution in [0.25, 0.3) is 0 Å². The van der Waals surface area contributed by atoms with E-state index >= 15 is 0 Å². The number of H-pyrrole nitrogens is 1. The minimum atomic E-state index is 0.0155. The number of amides is 1. The summed E-state index contributed by atoms with van der Waals surface area (Å²) in [5, 5.41) is 3.07. The second-order valence-corrected chi connectivity index (χ2v) is 7.34. The number of hydrogen-bond acceptors (Lipinski definition) is 3. The van der Waals surface area contributed by atoms with E-state index in [1.54, 1.807) is 0 Å². The SMILES string of the molecule is CCCCCCNC(=O)C1CCCN(CC(=O)c2cc(C)[nH]c2C)C1. The Hall–Kier alpha value is -1.62. The lowest BCUT2D eigenvalue weighted by molar-refractivity contribution is -0.126. The van der Waals surface area contributed by atoms with Gasteiger partial charge in [0, 0.05) is 30.0 Å². The highest BCUT2D eigenvalue weighted by molar-refractivity contribution is 5.98. The predicted molar refractivity (Wildman–Crippen MR) is 101 cm³/mol. The van der Waals surface area contributed by atoms with Gasteiger partial charge in [0.25, 0.3) is 0 Å². The van der Waals surface area contributed by atoms with Gasteiger partial charge in [0.05, 0.1) is 12.5 Å². The normalized spacial score (nSPS) is 18.3. The lowest BCUT2D eigenvalue weighted by Gasteiger charge is -2.31. The van der Waals surface area contributed by atoms with Gasteiger partial charge in [-0.3, -0.25) is 14.5 Å². The third-order valence-corrected chi connectivity index (χ3v) is 5.02. The minimum absolute atomic E-state index is 0.0155. The molecule has 0 bridgehead atoms. The van der Waals surface area contributed by atoms with E-state index in [0.29, 0.717) is 13.1 Å². The number of likely N-dealkylation sites (tertiary alicyclic amines) is 1. The Labute approximate surface area is 151 Å². The van der Waals surface area contributed by atoms with E-state index in [9.17, 15) is 9.59 Å². The first-order chi connectivity index (χ1) is 12.0. The molecule has 0 spiro atoms. The highest BCUT2D eigenvalue weighted by Gasteiger charge is 2.27. The summed E-state index contributed by atoms with van der Waals surface area (Å²) < 4.78 is 0. The van der Waals surface area contributed by atoms with Gasteiger partial charge in [0.15, 0.2) is 5.78 Å². The number of ketones is 1. The molecule has 2 N–H and O–H groups in total. The summed E-state index contributed by atoms with van der Waals surface area (Å²) in [6.07, 6.45) is 6.57. The number of hydrogen-bond donors (Lipinski definition) is 2. The molecule has 5 heteroatoms. The van der Waals surface area contributed by atoms with Crippen LogP contribution < -0.4 is 5.32 Å². The molecular formula is C20H33N3O2. The van der Waals surface area contributed by atoms with E-state index in [2.05, 4.69) is 22.1 Å². The van der Waals surface area contributed by atoms with E-state index < -0.39 is 0 Å². The molecule has 140 valence electrons. The molecule has 25 heavy (non-hydrogen) atoms. The maximum Gasteiger partial charge on any atom is 0.224 e. The molecule has 2 rings (SSSR count). The van der Waals surface area contributed by atoms with Crippen molar-refractivity contribution in [1.29, 1.82) is 0 Å². The van der Waals surface area contributed by atoms with Gasteiger partial charge in [-0.15, -0.1) is 0 Å². The molecule has 0 aliphatic carbocycles. The van der Waals surface area contributed by atoms with Gasteiger partial charge in [0.2, 0.25) is 5.91 Å². The molecule has 1 fully saturated rings. The van der Waals surface area contributed by atoms with Crippen LogP contribution in [0.3, 0.4) is 0 Å². The van der Waals surface area contributed by atoms with Gasteiger partial charge in [-0.25, -0.2) is 0 Å². The third kappa shape index (κ3) is 5.99. The molecule has 1 aromatic heterocycles. The van der Waals surface area contributed by atoms with Gasteiger partial charge < -0.3 is 10.3 Å². The summed E-state index contributed by atoms with van der Waals surface area (Å²) in [6, 6.07) is 1.92. The Bertz CT molecular complexity index is 579. The van der Waals surface area contributed by atoms with Gasteiger partial charge in [0.1, 0.15) is 0 Å². The first-order valence-electron chi connectivity index (χ1n) is 9.70. The predicted octanol–water partition coefficient (Wildman–Crippen LogP) is 3.22. The van der Waals surface area contributed by atoms with Crippen LogP contribution in [0.5, 0.6) is 0 Å². The van der Waals surface area contributed by atoms with Crippen molar-refractivity contribution in [3.8, 4) is 0 Å².